The zero-order chi connectivity index (χ0) is 17.0. The molecule has 1 aromatic carbocycles. The van der Waals surface area contributed by atoms with Crippen molar-refractivity contribution in [3.63, 3.8) is 0 Å². The molecule has 0 N–H and O–H groups in total. The summed E-state index contributed by atoms with van der Waals surface area (Å²) in [6.07, 6.45) is 3.25. The highest BCUT2D eigenvalue weighted by atomic mass is 32.2. The largest absolute Gasteiger partial charge is 0.379 e. The van der Waals surface area contributed by atoms with Gasteiger partial charge in [0.1, 0.15) is 0 Å². The van der Waals surface area contributed by atoms with Crippen LogP contribution in [0.1, 0.15) is 15.2 Å². The molecule has 0 spiro atoms. The van der Waals surface area contributed by atoms with E-state index in [0.29, 0.717) is 31.9 Å². The molecule has 2 heterocycles. The summed E-state index contributed by atoms with van der Waals surface area (Å²) in [4.78, 5) is 13.3. The van der Waals surface area contributed by atoms with Crippen LogP contribution < -0.4 is 0 Å². The van der Waals surface area contributed by atoms with Gasteiger partial charge in [-0.3, -0.25) is 4.79 Å². The number of nitrogens with zero attached hydrogens (tertiary/aromatic N) is 1. The molecule has 1 fully saturated rings. The van der Waals surface area contributed by atoms with Gasteiger partial charge in [-0.1, -0.05) is 6.07 Å². The molecular weight excluding hydrogens is 346 g/mol. The Kier molecular flexibility index (Phi) is 5.25. The third-order valence-electron chi connectivity index (χ3n) is 3.69. The lowest BCUT2D eigenvalue weighted by Crippen LogP contribution is -2.40. The Morgan fingerprint density at radius 1 is 1.12 bits per heavy atom. The molecule has 0 amide bonds. The first-order valence-corrected chi connectivity index (χ1v) is 9.83. The van der Waals surface area contributed by atoms with Crippen molar-refractivity contribution in [1.29, 1.82) is 0 Å². The van der Waals surface area contributed by atoms with E-state index in [1.54, 1.807) is 29.5 Å². The quantitative estimate of drug-likeness (QED) is 0.605. The van der Waals surface area contributed by atoms with Crippen LogP contribution in [0.4, 0.5) is 0 Å². The lowest BCUT2D eigenvalue weighted by Gasteiger charge is -2.26. The Bertz CT molecular complexity index is 818. The number of hydrogen-bond acceptors (Lipinski definition) is 5. The number of thiophene rings is 1. The van der Waals surface area contributed by atoms with Gasteiger partial charge in [0.2, 0.25) is 10.0 Å². The van der Waals surface area contributed by atoms with Crippen LogP contribution in [0, 0.1) is 0 Å². The maximum Gasteiger partial charge on any atom is 0.243 e. The Morgan fingerprint density at radius 2 is 1.83 bits per heavy atom. The fourth-order valence-electron chi connectivity index (χ4n) is 2.37. The van der Waals surface area contributed by atoms with Gasteiger partial charge < -0.3 is 4.74 Å². The van der Waals surface area contributed by atoms with Gasteiger partial charge in [0, 0.05) is 23.5 Å². The molecule has 1 saturated heterocycles. The maximum absolute atomic E-state index is 12.5. The van der Waals surface area contributed by atoms with Crippen molar-refractivity contribution in [3.05, 3.63) is 58.3 Å². The van der Waals surface area contributed by atoms with Crippen molar-refractivity contribution in [2.45, 2.75) is 4.90 Å². The summed E-state index contributed by atoms with van der Waals surface area (Å²) in [5.74, 6) is -0.154. The summed E-state index contributed by atoms with van der Waals surface area (Å²) < 4.78 is 31.6. The molecule has 3 rings (SSSR count). The number of carbonyl (C=O) groups is 1. The number of sulfonamides is 1. The van der Waals surface area contributed by atoms with Crippen LogP contribution in [0.5, 0.6) is 0 Å². The van der Waals surface area contributed by atoms with E-state index < -0.39 is 10.0 Å². The predicted molar refractivity (Wildman–Crippen MR) is 93.7 cm³/mol. The highest BCUT2D eigenvalue weighted by molar-refractivity contribution is 7.89. The standard InChI is InChI=1S/C17H17NO4S2/c19-17(8-5-15-2-1-13-23-15)14-3-6-16(7-4-14)24(20,21)18-9-11-22-12-10-18/h1-8,13H,9-12H2/b8-5+. The number of rotatable bonds is 5. The zero-order valence-electron chi connectivity index (χ0n) is 12.9. The summed E-state index contributed by atoms with van der Waals surface area (Å²) in [7, 11) is -3.53. The van der Waals surface area contributed by atoms with Gasteiger partial charge in [-0.15, -0.1) is 11.3 Å². The third-order valence-corrected chi connectivity index (χ3v) is 6.44. The fourth-order valence-corrected chi connectivity index (χ4v) is 4.39. The van der Waals surface area contributed by atoms with Gasteiger partial charge in [-0.2, -0.15) is 4.31 Å². The number of hydrogen-bond donors (Lipinski definition) is 0. The van der Waals surface area contributed by atoms with Crippen molar-refractivity contribution < 1.29 is 17.9 Å². The molecule has 0 radical (unpaired) electrons. The summed E-state index contributed by atoms with van der Waals surface area (Å²) >= 11 is 1.55. The number of ether oxygens (including phenoxy) is 1. The van der Waals surface area contributed by atoms with Crippen LogP contribution in [0.3, 0.4) is 0 Å². The van der Waals surface area contributed by atoms with Crippen molar-refractivity contribution in [2.24, 2.45) is 0 Å². The first-order chi connectivity index (χ1) is 11.6. The van der Waals surface area contributed by atoms with Gasteiger partial charge in [0.15, 0.2) is 5.78 Å². The molecule has 5 nitrogen and oxygen atoms in total. The van der Waals surface area contributed by atoms with Crippen molar-refractivity contribution in [2.75, 3.05) is 26.3 Å². The smallest absolute Gasteiger partial charge is 0.243 e. The van der Waals surface area contributed by atoms with Crippen molar-refractivity contribution in [3.8, 4) is 0 Å². The lowest BCUT2D eigenvalue weighted by molar-refractivity contribution is 0.0730. The van der Waals surface area contributed by atoms with E-state index in [-0.39, 0.29) is 10.7 Å². The van der Waals surface area contributed by atoms with Crippen LogP contribution in [0.15, 0.2) is 52.7 Å². The second-order valence-corrected chi connectivity index (χ2v) is 8.17. The van der Waals surface area contributed by atoms with E-state index in [4.69, 9.17) is 4.74 Å². The maximum atomic E-state index is 12.5. The normalized spacial score (nSPS) is 16.5. The summed E-state index contributed by atoms with van der Waals surface area (Å²) in [6, 6.07) is 9.91. The monoisotopic (exact) mass is 363 g/mol. The van der Waals surface area contributed by atoms with Gasteiger partial charge in [-0.25, -0.2) is 8.42 Å². The molecule has 1 aliphatic heterocycles. The summed E-state index contributed by atoms with van der Waals surface area (Å²) in [6.45, 7) is 1.52. The minimum atomic E-state index is -3.53. The fraction of sp³-hybridized carbons (Fsp3) is 0.235. The molecule has 7 heteroatoms. The molecule has 126 valence electrons. The Hall–Kier alpha value is -1.80. The number of benzene rings is 1. The average Bonchev–Trinajstić information content (AvgIpc) is 3.14. The topological polar surface area (TPSA) is 63.7 Å². The van der Waals surface area contributed by atoms with Crippen LogP contribution in [-0.2, 0) is 14.8 Å². The zero-order valence-corrected chi connectivity index (χ0v) is 14.6. The second kappa shape index (κ2) is 7.40. The molecule has 0 bridgehead atoms. The van der Waals surface area contributed by atoms with Crippen LogP contribution in [-0.4, -0.2) is 44.8 Å². The van der Waals surface area contributed by atoms with Crippen LogP contribution in [0.25, 0.3) is 6.08 Å². The Labute approximate surface area is 145 Å². The van der Waals surface area contributed by atoms with E-state index in [2.05, 4.69) is 0 Å². The molecular formula is C17H17NO4S2. The van der Waals surface area contributed by atoms with Crippen molar-refractivity contribution in [1.82, 2.24) is 4.31 Å². The summed E-state index contributed by atoms with van der Waals surface area (Å²) in [5, 5.41) is 1.94. The Balaban J connectivity index is 1.74. The number of allylic oxidation sites excluding steroid dienone is 1. The number of morpholine rings is 1. The van der Waals surface area contributed by atoms with E-state index in [0.717, 1.165) is 4.88 Å². The molecule has 1 aliphatic rings. The van der Waals surface area contributed by atoms with Gasteiger partial charge >= 0.3 is 0 Å². The van der Waals surface area contributed by atoms with Crippen molar-refractivity contribution >= 4 is 33.2 Å². The molecule has 24 heavy (non-hydrogen) atoms. The molecule has 0 saturated carbocycles. The highest BCUT2D eigenvalue weighted by Gasteiger charge is 2.26. The first kappa shape index (κ1) is 17.0. The molecule has 0 aliphatic carbocycles. The minimum absolute atomic E-state index is 0.154. The number of ketones is 1. The second-order valence-electron chi connectivity index (χ2n) is 5.25. The Morgan fingerprint density at radius 3 is 2.46 bits per heavy atom. The van der Waals surface area contributed by atoms with Gasteiger partial charge in [0.25, 0.3) is 0 Å². The third kappa shape index (κ3) is 3.81. The average molecular weight is 363 g/mol. The molecule has 0 unspecified atom stereocenters. The molecule has 0 atom stereocenters. The van der Waals surface area contributed by atoms with E-state index in [1.165, 1.54) is 22.5 Å². The highest BCUT2D eigenvalue weighted by Crippen LogP contribution is 2.18. The molecule has 1 aromatic heterocycles. The van der Waals surface area contributed by atoms with Gasteiger partial charge in [-0.05, 0) is 47.9 Å². The summed E-state index contributed by atoms with van der Waals surface area (Å²) in [5.41, 5.74) is 0.462. The van der Waals surface area contributed by atoms with Crippen LogP contribution in [0.2, 0.25) is 0 Å². The van der Waals surface area contributed by atoms with E-state index >= 15 is 0 Å². The van der Waals surface area contributed by atoms with Gasteiger partial charge in [0.05, 0.1) is 18.1 Å². The van der Waals surface area contributed by atoms with E-state index in [1.807, 2.05) is 17.5 Å². The van der Waals surface area contributed by atoms with E-state index in [9.17, 15) is 13.2 Å². The first-order valence-electron chi connectivity index (χ1n) is 7.51. The SMILES string of the molecule is O=C(/C=C/c1cccs1)c1ccc(S(=O)(=O)N2CCOCC2)cc1. The predicted octanol–water partition coefficient (Wildman–Crippen LogP) is 2.67. The lowest BCUT2D eigenvalue weighted by atomic mass is 10.1. The van der Waals surface area contributed by atoms with Crippen LogP contribution >= 0.6 is 11.3 Å². The minimum Gasteiger partial charge on any atom is -0.379 e. The molecule has 2 aromatic rings. The number of carbonyl (C=O) groups excluding carboxylic acids is 1.